The molecule has 2 aliphatic heterocycles. The molecule has 2 aromatic carbocycles. The summed E-state index contributed by atoms with van der Waals surface area (Å²) in [4.78, 5) is 17.8. The smallest absolute Gasteiger partial charge is 0.232 e. The van der Waals surface area contributed by atoms with Gasteiger partial charge in [0.25, 0.3) is 0 Å². The highest BCUT2D eigenvalue weighted by molar-refractivity contribution is 6.16. The van der Waals surface area contributed by atoms with Crippen molar-refractivity contribution in [2.45, 2.75) is 26.3 Å². The number of phenols is 2. The van der Waals surface area contributed by atoms with Crippen molar-refractivity contribution in [2.75, 3.05) is 53.0 Å². The number of aliphatic hydroxyl groups excluding tert-OH is 1. The van der Waals surface area contributed by atoms with E-state index in [-0.39, 0.29) is 35.2 Å². The van der Waals surface area contributed by atoms with Gasteiger partial charge in [-0.05, 0) is 62.7 Å². The minimum atomic E-state index is -0.435. The summed E-state index contributed by atoms with van der Waals surface area (Å²) in [7, 11) is 1.63. The Morgan fingerprint density at radius 1 is 1.00 bits per heavy atom. The highest BCUT2D eigenvalue weighted by Crippen LogP contribution is 2.44. The van der Waals surface area contributed by atoms with E-state index < -0.39 is 5.75 Å². The molecule has 0 radical (unpaired) electrons. The zero-order valence-corrected chi connectivity index (χ0v) is 21.9. The molecule has 0 aliphatic carbocycles. The summed E-state index contributed by atoms with van der Waals surface area (Å²) in [6.07, 6.45) is 3.81. The first kappa shape index (κ1) is 26.1. The molecule has 9 heteroatoms. The van der Waals surface area contributed by atoms with E-state index in [0.29, 0.717) is 0 Å². The molecule has 9 nitrogen and oxygen atoms in total. The predicted octanol–water partition coefficient (Wildman–Crippen LogP) is 3.38. The van der Waals surface area contributed by atoms with Crippen LogP contribution in [0.25, 0.3) is 17.0 Å². The molecule has 0 spiro atoms. The molecule has 0 saturated carbocycles. The van der Waals surface area contributed by atoms with Crippen molar-refractivity contribution >= 4 is 22.8 Å². The number of unbranched alkanes of at least 4 members (excludes halogenated alkanes) is 1. The fraction of sp³-hybridized carbons (Fsp3) is 0.414. The summed E-state index contributed by atoms with van der Waals surface area (Å²) in [5.74, 6) is -0.294. The summed E-state index contributed by atoms with van der Waals surface area (Å²) in [6.45, 7) is 8.97. The number of Topliss-reactive ketones (excluding diaryl/α,β-unsaturated/α-hetero) is 1. The number of rotatable bonds is 9. The van der Waals surface area contributed by atoms with Gasteiger partial charge in [-0.1, -0.05) is 0 Å². The molecule has 38 heavy (non-hydrogen) atoms. The number of aliphatic hydroxyl groups is 1. The largest absolute Gasteiger partial charge is 0.504 e. The number of aryl methyl sites for hydroxylation is 1. The Balaban J connectivity index is 1.35. The number of phenolic OH excluding ortho intramolecular Hbond substituents is 2. The number of ketones is 1. The van der Waals surface area contributed by atoms with Gasteiger partial charge in [0.2, 0.25) is 11.5 Å². The molecule has 0 bridgehead atoms. The summed E-state index contributed by atoms with van der Waals surface area (Å²) in [5.41, 5.74) is 3.15. The molecule has 0 unspecified atom stereocenters. The Bertz CT molecular complexity index is 1370. The first-order chi connectivity index (χ1) is 18.4. The van der Waals surface area contributed by atoms with Crippen LogP contribution in [0, 0.1) is 6.92 Å². The molecular formula is C29H35N3O6. The van der Waals surface area contributed by atoms with Crippen molar-refractivity contribution in [3.8, 4) is 23.0 Å². The van der Waals surface area contributed by atoms with Gasteiger partial charge >= 0.3 is 0 Å². The van der Waals surface area contributed by atoms with Gasteiger partial charge in [0, 0.05) is 61.4 Å². The number of piperazine rings is 1. The van der Waals surface area contributed by atoms with Crippen LogP contribution in [0.3, 0.4) is 0 Å². The Morgan fingerprint density at radius 3 is 2.42 bits per heavy atom. The highest BCUT2D eigenvalue weighted by atomic mass is 16.5. The van der Waals surface area contributed by atoms with E-state index in [0.717, 1.165) is 86.6 Å². The molecule has 2 aliphatic rings. The van der Waals surface area contributed by atoms with Crippen molar-refractivity contribution in [1.29, 1.82) is 0 Å². The normalized spacial score (nSPS) is 17.3. The average molecular weight is 522 g/mol. The summed E-state index contributed by atoms with van der Waals surface area (Å²) >= 11 is 0. The number of carbonyl (C=O) groups excluding carboxylic acids is 1. The lowest BCUT2D eigenvalue weighted by Crippen LogP contribution is -2.47. The summed E-state index contributed by atoms with van der Waals surface area (Å²) < 4.78 is 13.5. The lowest BCUT2D eigenvalue weighted by Gasteiger charge is -2.34. The number of ether oxygens (including phenoxy) is 2. The number of aromatic hydroxyl groups is 2. The lowest BCUT2D eigenvalue weighted by atomic mass is 10.1. The number of carbonyl (C=O) groups is 1. The van der Waals surface area contributed by atoms with Gasteiger partial charge in [-0.15, -0.1) is 0 Å². The van der Waals surface area contributed by atoms with Crippen LogP contribution >= 0.6 is 0 Å². The maximum atomic E-state index is 13.0. The van der Waals surface area contributed by atoms with Crippen LogP contribution in [0.1, 0.15) is 34.5 Å². The van der Waals surface area contributed by atoms with Crippen LogP contribution in [-0.2, 0) is 6.54 Å². The van der Waals surface area contributed by atoms with E-state index in [9.17, 15) is 15.0 Å². The predicted molar refractivity (Wildman–Crippen MR) is 145 cm³/mol. The van der Waals surface area contributed by atoms with Gasteiger partial charge in [0.1, 0.15) is 5.75 Å². The molecule has 3 aromatic rings. The van der Waals surface area contributed by atoms with Crippen LogP contribution in [-0.4, -0.2) is 88.5 Å². The minimum absolute atomic E-state index is 0.0163. The number of β-amino-alcohol motifs (C(OH)–C–C–N with tert-alkyl or cyclic N) is 1. The molecule has 0 amide bonds. The zero-order valence-electron chi connectivity index (χ0n) is 21.9. The average Bonchev–Trinajstić information content (AvgIpc) is 3.38. The van der Waals surface area contributed by atoms with Gasteiger partial charge in [-0.3, -0.25) is 9.69 Å². The van der Waals surface area contributed by atoms with E-state index in [1.165, 1.54) is 12.1 Å². The maximum Gasteiger partial charge on any atom is 0.232 e. The van der Waals surface area contributed by atoms with Crippen molar-refractivity contribution < 1.29 is 29.6 Å². The third kappa shape index (κ3) is 4.97. The van der Waals surface area contributed by atoms with Crippen LogP contribution in [0.2, 0.25) is 0 Å². The first-order valence-corrected chi connectivity index (χ1v) is 13.1. The molecule has 0 atom stereocenters. The molecule has 1 fully saturated rings. The number of hydrogen-bond donors (Lipinski definition) is 3. The Labute approximate surface area is 222 Å². The van der Waals surface area contributed by atoms with Gasteiger partial charge in [-0.2, -0.15) is 0 Å². The molecule has 1 saturated heterocycles. The van der Waals surface area contributed by atoms with E-state index in [2.05, 4.69) is 14.4 Å². The second-order valence-electron chi connectivity index (χ2n) is 9.90. The van der Waals surface area contributed by atoms with Crippen molar-refractivity contribution in [1.82, 2.24) is 14.4 Å². The van der Waals surface area contributed by atoms with Gasteiger partial charge in [0.05, 0.1) is 19.3 Å². The van der Waals surface area contributed by atoms with Crippen LogP contribution < -0.4 is 9.47 Å². The van der Waals surface area contributed by atoms with Crippen molar-refractivity contribution in [2.24, 2.45) is 0 Å². The van der Waals surface area contributed by atoms with Crippen LogP contribution in [0.15, 0.2) is 36.1 Å². The molecule has 5 rings (SSSR count). The SMILES string of the molecule is COc1ccc2c(c1)c(C=C1Oc3c(ccc(O)c3O)C1=O)c(C)n2CCCCN1CCN(CCO)CC1. The van der Waals surface area contributed by atoms with Crippen molar-refractivity contribution in [3.05, 3.63) is 52.9 Å². The second-order valence-corrected chi connectivity index (χ2v) is 9.90. The summed E-state index contributed by atoms with van der Waals surface area (Å²) in [6, 6.07) is 8.69. The topological polar surface area (TPSA) is 108 Å². The number of benzene rings is 2. The van der Waals surface area contributed by atoms with E-state index in [4.69, 9.17) is 14.6 Å². The number of hydrogen-bond acceptors (Lipinski definition) is 8. The van der Waals surface area contributed by atoms with Crippen LogP contribution in [0.4, 0.5) is 0 Å². The van der Waals surface area contributed by atoms with Gasteiger partial charge in [0.15, 0.2) is 17.3 Å². The Hall–Kier alpha value is -3.53. The van der Waals surface area contributed by atoms with Crippen molar-refractivity contribution in [3.63, 3.8) is 0 Å². The Morgan fingerprint density at radius 2 is 1.71 bits per heavy atom. The zero-order chi connectivity index (χ0) is 26.8. The monoisotopic (exact) mass is 521 g/mol. The number of methoxy groups -OCH3 is 1. The molecule has 3 N–H and O–H groups in total. The number of fused-ring (bicyclic) bond motifs is 2. The lowest BCUT2D eigenvalue weighted by molar-refractivity contribution is 0.101. The second kappa shape index (κ2) is 11.1. The molecule has 1 aromatic heterocycles. The number of allylic oxidation sites excluding steroid dienone is 1. The van der Waals surface area contributed by atoms with E-state index >= 15 is 0 Å². The highest BCUT2D eigenvalue weighted by Gasteiger charge is 2.32. The van der Waals surface area contributed by atoms with Gasteiger partial charge in [-0.25, -0.2) is 0 Å². The van der Waals surface area contributed by atoms with E-state index in [1.54, 1.807) is 13.2 Å². The summed E-state index contributed by atoms with van der Waals surface area (Å²) in [5, 5.41) is 30.1. The third-order valence-corrected chi connectivity index (χ3v) is 7.63. The molecular weight excluding hydrogens is 486 g/mol. The third-order valence-electron chi connectivity index (χ3n) is 7.63. The maximum absolute atomic E-state index is 13.0. The fourth-order valence-corrected chi connectivity index (χ4v) is 5.43. The van der Waals surface area contributed by atoms with Crippen LogP contribution in [0.5, 0.6) is 23.0 Å². The van der Waals surface area contributed by atoms with E-state index in [1.807, 2.05) is 25.1 Å². The van der Waals surface area contributed by atoms with Gasteiger partial charge < -0.3 is 34.3 Å². The minimum Gasteiger partial charge on any atom is -0.504 e. The standard InChI is InChI=1S/C29H35N3O6/c1-19-22(18-26-27(35)21-6-8-25(34)28(36)29(21)38-26)23-17-20(37-2)5-7-24(23)32(19)10-4-3-9-30-11-13-31(14-12-30)15-16-33/h5-8,17-18,33-34,36H,3-4,9-16H2,1-2H3. The number of aromatic nitrogens is 1. The molecule has 202 valence electrons. The fourth-order valence-electron chi connectivity index (χ4n) is 5.43. The first-order valence-electron chi connectivity index (χ1n) is 13.1. The number of nitrogens with zero attached hydrogens (tertiary/aromatic N) is 3. The quantitative estimate of drug-likeness (QED) is 0.224. The molecule has 3 heterocycles. The Kier molecular flexibility index (Phi) is 7.60.